The molecule has 0 N–H and O–H groups in total. The standard InChI is InChI=1S/C11H17N4O2P/c1-3-5-6-13(18)7-8-14-10(4-2)9-11(12-14)15(16)17/h3-5,9H,2,6-8,18H2,1H3/b5-3+. The van der Waals surface area contributed by atoms with Gasteiger partial charge in [-0.2, -0.15) is 4.68 Å². The average molecular weight is 268 g/mol. The summed E-state index contributed by atoms with van der Waals surface area (Å²) in [5, 5.41) is 14.6. The molecule has 0 amide bonds. The zero-order valence-corrected chi connectivity index (χ0v) is 11.5. The van der Waals surface area contributed by atoms with Gasteiger partial charge in [0.15, 0.2) is 0 Å². The summed E-state index contributed by atoms with van der Waals surface area (Å²) in [5.41, 5.74) is 0.658. The molecule has 0 saturated carbocycles. The summed E-state index contributed by atoms with van der Waals surface area (Å²) >= 11 is 0. The van der Waals surface area contributed by atoms with Gasteiger partial charge < -0.3 is 10.1 Å². The first-order valence-electron chi connectivity index (χ1n) is 5.54. The summed E-state index contributed by atoms with van der Waals surface area (Å²) in [7, 11) is 2.62. The van der Waals surface area contributed by atoms with Crippen molar-refractivity contribution in [1.29, 1.82) is 0 Å². The Morgan fingerprint density at radius 3 is 3.00 bits per heavy atom. The first kappa shape index (κ1) is 14.5. The third kappa shape index (κ3) is 4.05. The van der Waals surface area contributed by atoms with Crippen molar-refractivity contribution in [2.24, 2.45) is 0 Å². The van der Waals surface area contributed by atoms with Crippen molar-refractivity contribution in [2.75, 3.05) is 13.1 Å². The molecule has 0 spiro atoms. The number of aromatic nitrogens is 2. The molecule has 7 heteroatoms. The number of hydrogen-bond acceptors (Lipinski definition) is 4. The fourth-order valence-electron chi connectivity index (χ4n) is 1.40. The second-order valence-electron chi connectivity index (χ2n) is 3.68. The quantitative estimate of drug-likeness (QED) is 0.329. The molecule has 0 aliphatic heterocycles. The van der Waals surface area contributed by atoms with Crippen molar-refractivity contribution < 1.29 is 4.92 Å². The van der Waals surface area contributed by atoms with Gasteiger partial charge in [0.1, 0.15) is 0 Å². The van der Waals surface area contributed by atoms with Crippen molar-refractivity contribution in [3.63, 3.8) is 0 Å². The molecule has 0 bridgehead atoms. The summed E-state index contributed by atoms with van der Waals surface area (Å²) < 4.78 is 3.62. The van der Waals surface area contributed by atoms with Crippen LogP contribution in [0.5, 0.6) is 0 Å². The third-order valence-corrected chi connectivity index (χ3v) is 2.84. The predicted octanol–water partition coefficient (Wildman–Crippen LogP) is 2.10. The van der Waals surface area contributed by atoms with Gasteiger partial charge in [-0.25, -0.2) is 0 Å². The Balaban J connectivity index is 2.66. The monoisotopic (exact) mass is 268 g/mol. The smallest absolute Gasteiger partial charge is 0.358 e. The third-order valence-electron chi connectivity index (χ3n) is 2.37. The van der Waals surface area contributed by atoms with Crippen molar-refractivity contribution in [3.8, 4) is 0 Å². The molecule has 0 fully saturated rings. The lowest BCUT2D eigenvalue weighted by atomic mass is 10.4. The molecule has 0 radical (unpaired) electrons. The molecule has 1 atom stereocenters. The minimum Gasteiger partial charge on any atom is -0.358 e. The van der Waals surface area contributed by atoms with E-state index in [9.17, 15) is 10.1 Å². The average Bonchev–Trinajstić information content (AvgIpc) is 2.77. The predicted molar refractivity (Wildman–Crippen MR) is 75.1 cm³/mol. The SMILES string of the molecule is C=Cc1cc([N+](=O)[O-])nn1CCN(P)C/C=C/C. The van der Waals surface area contributed by atoms with Gasteiger partial charge in [-0.15, -0.1) is 0 Å². The molecule has 6 nitrogen and oxygen atoms in total. The van der Waals surface area contributed by atoms with Crippen LogP contribution in [0.1, 0.15) is 12.6 Å². The van der Waals surface area contributed by atoms with Gasteiger partial charge in [0.05, 0.1) is 23.4 Å². The number of allylic oxidation sites excluding steroid dienone is 1. The lowest BCUT2D eigenvalue weighted by Crippen LogP contribution is -2.19. The minimum atomic E-state index is -0.498. The number of nitro groups is 1. The Hall–Kier alpha value is -1.52. The Kier molecular flexibility index (Phi) is 5.68. The van der Waals surface area contributed by atoms with Crippen LogP contribution in [0.15, 0.2) is 24.8 Å². The van der Waals surface area contributed by atoms with Crippen molar-refractivity contribution in [2.45, 2.75) is 13.5 Å². The van der Waals surface area contributed by atoms with Gasteiger partial charge in [-0.05, 0) is 17.9 Å². The van der Waals surface area contributed by atoms with E-state index in [1.165, 1.54) is 6.07 Å². The molecule has 98 valence electrons. The van der Waals surface area contributed by atoms with E-state index in [1.54, 1.807) is 10.8 Å². The maximum Gasteiger partial charge on any atom is 0.390 e. The van der Waals surface area contributed by atoms with Crippen LogP contribution in [-0.4, -0.2) is 32.5 Å². The topological polar surface area (TPSA) is 64.2 Å². The van der Waals surface area contributed by atoms with Crippen LogP contribution in [0, 0.1) is 10.1 Å². The molecule has 0 saturated heterocycles. The molecule has 0 aromatic carbocycles. The molecular weight excluding hydrogens is 251 g/mol. The van der Waals surface area contributed by atoms with Crippen LogP contribution in [0.3, 0.4) is 0 Å². The Bertz CT molecular complexity index is 456. The lowest BCUT2D eigenvalue weighted by Gasteiger charge is -2.12. The van der Waals surface area contributed by atoms with Crippen molar-refractivity contribution in [3.05, 3.63) is 40.6 Å². The highest BCUT2D eigenvalue weighted by atomic mass is 31.0. The van der Waals surface area contributed by atoms with Crippen LogP contribution in [0.4, 0.5) is 5.82 Å². The second-order valence-corrected chi connectivity index (χ2v) is 4.41. The summed E-state index contributed by atoms with van der Waals surface area (Å²) in [6.07, 6.45) is 5.58. The van der Waals surface area contributed by atoms with Gasteiger partial charge in [0.25, 0.3) is 0 Å². The Morgan fingerprint density at radius 1 is 1.72 bits per heavy atom. The Morgan fingerprint density at radius 2 is 2.44 bits per heavy atom. The number of rotatable bonds is 7. The molecule has 1 aromatic rings. The summed E-state index contributed by atoms with van der Waals surface area (Å²) in [4.78, 5) is 10.1. The number of nitrogens with zero attached hydrogens (tertiary/aromatic N) is 4. The van der Waals surface area contributed by atoms with Crippen LogP contribution < -0.4 is 0 Å². The van der Waals surface area contributed by atoms with Crippen molar-refractivity contribution >= 4 is 21.3 Å². The second kappa shape index (κ2) is 7.03. The van der Waals surface area contributed by atoms with Crippen LogP contribution in [-0.2, 0) is 6.54 Å². The lowest BCUT2D eigenvalue weighted by molar-refractivity contribution is -0.389. The van der Waals surface area contributed by atoms with Gasteiger partial charge >= 0.3 is 5.82 Å². The van der Waals surface area contributed by atoms with Crippen LogP contribution in [0.25, 0.3) is 6.08 Å². The van der Waals surface area contributed by atoms with Gasteiger partial charge in [0, 0.05) is 13.1 Å². The number of hydrogen-bond donors (Lipinski definition) is 0. The van der Waals surface area contributed by atoms with Gasteiger partial charge in [-0.1, -0.05) is 28.1 Å². The van der Waals surface area contributed by atoms with Crippen LogP contribution in [0.2, 0.25) is 0 Å². The van der Waals surface area contributed by atoms with E-state index in [0.29, 0.717) is 12.2 Å². The Labute approximate surface area is 108 Å². The molecule has 18 heavy (non-hydrogen) atoms. The highest BCUT2D eigenvalue weighted by Gasteiger charge is 2.16. The van der Waals surface area contributed by atoms with E-state index in [4.69, 9.17) is 0 Å². The minimum absolute atomic E-state index is 0.145. The summed E-state index contributed by atoms with van der Waals surface area (Å²) in [6.45, 7) is 7.71. The first-order valence-corrected chi connectivity index (χ1v) is 6.05. The van der Waals surface area contributed by atoms with E-state index >= 15 is 0 Å². The first-order chi connectivity index (χ1) is 8.58. The molecule has 0 aliphatic carbocycles. The van der Waals surface area contributed by atoms with E-state index in [0.717, 1.165) is 13.1 Å². The molecule has 0 aliphatic rings. The highest BCUT2D eigenvalue weighted by Crippen LogP contribution is 2.13. The highest BCUT2D eigenvalue weighted by molar-refractivity contribution is 7.13. The zero-order chi connectivity index (χ0) is 13.5. The van der Waals surface area contributed by atoms with Crippen LogP contribution >= 0.6 is 9.39 Å². The normalized spacial score (nSPS) is 11.3. The van der Waals surface area contributed by atoms with E-state index in [-0.39, 0.29) is 5.82 Å². The van der Waals surface area contributed by atoms with E-state index < -0.39 is 4.92 Å². The summed E-state index contributed by atoms with van der Waals surface area (Å²) in [6, 6.07) is 1.42. The molecule has 1 heterocycles. The maximum atomic E-state index is 10.6. The fourth-order valence-corrected chi connectivity index (χ4v) is 1.64. The largest absolute Gasteiger partial charge is 0.390 e. The fraction of sp³-hybridized carbons (Fsp3) is 0.364. The zero-order valence-electron chi connectivity index (χ0n) is 10.3. The molecule has 1 rings (SSSR count). The van der Waals surface area contributed by atoms with Gasteiger partial charge in [-0.3, -0.25) is 4.67 Å². The molecule has 1 aromatic heterocycles. The maximum absolute atomic E-state index is 10.6. The summed E-state index contributed by atoms with van der Waals surface area (Å²) in [5.74, 6) is -0.145. The van der Waals surface area contributed by atoms with E-state index in [2.05, 4.69) is 21.1 Å². The molecule has 1 unspecified atom stereocenters. The molecular formula is C11H17N4O2P. The van der Waals surface area contributed by atoms with E-state index in [1.807, 2.05) is 23.7 Å². The van der Waals surface area contributed by atoms with Crippen molar-refractivity contribution in [1.82, 2.24) is 14.5 Å². The van der Waals surface area contributed by atoms with Gasteiger partial charge in [0.2, 0.25) is 0 Å².